The molecule has 0 atom stereocenters. The summed E-state index contributed by atoms with van der Waals surface area (Å²) in [6.07, 6.45) is -4.75. The zero-order valence-corrected chi connectivity index (χ0v) is 17.2. The van der Waals surface area contributed by atoms with Crippen LogP contribution in [0.2, 0.25) is 0 Å². The largest absolute Gasteiger partial charge is 0.495 e. The molecule has 0 N–H and O–H groups in total. The van der Waals surface area contributed by atoms with Crippen LogP contribution in [0, 0.1) is 0 Å². The van der Waals surface area contributed by atoms with Gasteiger partial charge in [0.2, 0.25) is 0 Å². The van der Waals surface area contributed by atoms with Gasteiger partial charge >= 0.3 is 20.9 Å². The summed E-state index contributed by atoms with van der Waals surface area (Å²) in [7, 11) is -5.40. The molecule has 0 bridgehead atoms. The maximum absolute atomic E-state index is 13.7. The van der Waals surface area contributed by atoms with E-state index in [4.69, 9.17) is 18.4 Å². The van der Waals surface area contributed by atoms with E-state index in [1.807, 2.05) is 0 Å². The first-order valence-corrected chi connectivity index (χ1v) is 10.3. The van der Waals surface area contributed by atoms with Crippen LogP contribution in [0.1, 0.15) is 47.1 Å². The second-order valence-corrected chi connectivity index (χ2v) is 9.12. The molecule has 0 amide bonds. The monoisotopic (exact) mass is 408 g/mol. The molecule has 1 saturated heterocycles. The van der Waals surface area contributed by atoms with Crippen molar-refractivity contribution < 1.29 is 36.1 Å². The first-order valence-electron chi connectivity index (χ1n) is 8.74. The first kappa shape index (κ1) is 22.4. The third-order valence-corrected chi connectivity index (χ3v) is 6.99. The molecule has 0 aromatic heterocycles. The molecular weight excluding hydrogens is 383 g/mol. The number of hydrogen-bond acceptors (Lipinski definition) is 5. The molecule has 1 fully saturated rings. The van der Waals surface area contributed by atoms with Gasteiger partial charge in [-0.2, -0.15) is 13.2 Å². The van der Waals surface area contributed by atoms with Crippen molar-refractivity contribution in [1.82, 2.24) is 0 Å². The van der Waals surface area contributed by atoms with Gasteiger partial charge in [-0.15, -0.1) is 0 Å². The highest BCUT2D eigenvalue weighted by Crippen LogP contribution is 2.50. The zero-order chi connectivity index (χ0) is 20.7. The van der Waals surface area contributed by atoms with Gasteiger partial charge in [-0.3, -0.25) is 4.57 Å². The van der Waals surface area contributed by atoms with E-state index in [0.29, 0.717) is 0 Å². The third-order valence-electron chi connectivity index (χ3n) is 4.75. The fraction of sp³-hybridized carbons (Fsp3) is 0.647. The summed E-state index contributed by atoms with van der Waals surface area (Å²) < 4.78 is 76.7. The number of halogens is 3. The van der Waals surface area contributed by atoms with Crippen molar-refractivity contribution in [2.75, 3.05) is 13.2 Å². The Morgan fingerprint density at radius 1 is 1.04 bits per heavy atom. The third kappa shape index (κ3) is 4.27. The average Bonchev–Trinajstić information content (AvgIpc) is 2.74. The van der Waals surface area contributed by atoms with Crippen molar-refractivity contribution in [2.45, 2.75) is 58.9 Å². The first-order chi connectivity index (χ1) is 12.3. The molecule has 27 heavy (non-hydrogen) atoms. The lowest BCUT2D eigenvalue weighted by molar-refractivity contribution is -0.136. The Hall–Kier alpha value is -0.855. The molecule has 2 rings (SSSR count). The van der Waals surface area contributed by atoms with Gasteiger partial charge in [0.1, 0.15) is 0 Å². The number of alkyl halides is 3. The minimum atomic E-state index is -4.75. The Balaban J connectivity index is 2.71. The van der Waals surface area contributed by atoms with Gasteiger partial charge < -0.3 is 18.4 Å². The summed E-state index contributed by atoms with van der Waals surface area (Å²) >= 11 is 0. The lowest BCUT2D eigenvalue weighted by atomic mass is 9.78. The highest BCUT2D eigenvalue weighted by molar-refractivity contribution is 7.63. The standard InChI is InChI=1S/C17H25BF3O5P/c1-7-23-27(22,24-8-2)14-12(17(19,20)21)10-9-11-13(14)18-25-15(3,4)16(5,6)26-18/h9-11H,7-8H2,1-6H3. The Kier molecular flexibility index (Phi) is 6.25. The van der Waals surface area contributed by atoms with E-state index in [1.54, 1.807) is 27.7 Å². The summed E-state index contributed by atoms with van der Waals surface area (Å²) in [5.74, 6) is 0. The number of benzene rings is 1. The molecule has 1 aliphatic rings. The Labute approximate surface area is 158 Å². The molecule has 1 aromatic rings. The second-order valence-electron chi connectivity index (χ2n) is 7.16. The summed E-state index contributed by atoms with van der Waals surface area (Å²) in [5.41, 5.74) is -2.64. The van der Waals surface area contributed by atoms with Gasteiger partial charge in [0.15, 0.2) is 0 Å². The second kappa shape index (κ2) is 7.52. The van der Waals surface area contributed by atoms with Crippen LogP contribution in [0.5, 0.6) is 0 Å². The van der Waals surface area contributed by atoms with Gasteiger partial charge in [-0.1, -0.05) is 12.1 Å². The molecule has 5 nitrogen and oxygen atoms in total. The van der Waals surface area contributed by atoms with Gasteiger partial charge in [0, 0.05) is 0 Å². The van der Waals surface area contributed by atoms with Crippen LogP contribution in [0.3, 0.4) is 0 Å². The van der Waals surface area contributed by atoms with Crippen LogP contribution in [-0.4, -0.2) is 31.5 Å². The summed E-state index contributed by atoms with van der Waals surface area (Å²) in [6.45, 7) is 10.1. The fourth-order valence-electron chi connectivity index (χ4n) is 2.76. The summed E-state index contributed by atoms with van der Waals surface area (Å²) in [5, 5.41) is -0.556. The summed E-state index contributed by atoms with van der Waals surface area (Å²) in [6, 6.07) is 3.49. The number of hydrogen-bond donors (Lipinski definition) is 0. The quantitative estimate of drug-likeness (QED) is 0.528. The predicted molar refractivity (Wildman–Crippen MR) is 97.7 cm³/mol. The van der Waals surface area contributed by atoms with E-state index >= 15 is 0 Å². The molecule has 1 heterocycles. The minimum absolute atomic E-state index is 0.00583. The van der Waals surface area contributed by atoms with Crippen molar-refractivity contribution >= 4 is 25.5 Å². The highest BCUT2D eigenvalue weighted by atomic mass is 31.2. The van der Waals surface area contributed by atoms with Crippen LogP contribution < -0.4 is 10.8 Å². The summed E-state index contributed by atoms with van der Waals surface area (Å²) in [4.78, 5) is 0. The molecule has 0 spiro atoms. The van der Waals surface area contributed by atoms with E-state index in [-0.39, 0.29) is 18.7 Å². The lowest BCUT2D eigenvalue weighted by Gasteiger charge is -2.32. The average molecular weight is 408 g/mol. The van der Waals surface area contributed by atoms with E-state index in [1.165, 1.54) is 26.0 Å². The molecule has 0 saturated carbocycles. The topological polar surface area (TPSA) is 54.0 Å². The Morgan fingerprint density at radius 3 is 1.93 bits per heavy atom. The number of rotatable bonds is 6. The fourth-order valence-corrected chi connectivity index (χ4v) is 4.77. The van der Waals surface area contributed by atoms with Crippen LogP contribution >= 0.6 is 7.60 Å². The smallest absolute Gasteiger partial charge is 0.399 e. The Morgan fingerprint density at radius 2 is 1.52 bits per heavy atom. The molecule has 10 heteroatoms. The maximum Gasteiger partial charge on any atom is 0.495 e. The van der Waals surface area contributed by atoms with E-state index in [2.05, 4.69) is 0 Å². The molecule has 0 unspecified atom stereocenters. The Bertz CT molecular complexity index is 710. The van der Waals surface area contributed by atoms with Gasteiger partial charge in [-0.25, -0.2) is 0 Å². The molecular formula is C17H25BF3O5P. The van der Waals surface area contributed by atoms with Crippen molar-refractivity contribution in [3.63, 3.8) is 0 Å². The van der Waals surface area contributed by atoms with Crippen LogP contribution in [0.4, 0.5) is 13.2 Å². The molecule has 152 valence electrons. The highest BCUT2D eigenvalue weighted by Gasteiger charge is 2.54. The van der Waals surface area contributed by atoms with Gasteiger partial charge in [0.25, 0.3) is 0 Å². The van der Waals surface area contributed by atoms with E-state index in [0.717, 1.165) is 6.07 Å². The normalized spacial score (nSPS) is 19.5. The molecule has 1 aliphatic heterocycles. The van der Waals surface area contributed by atoms with E-state index < -0.39 is 43.0 Å². The van der Waals surface area contributed by atoms with E-state index in [9.17, 15) is 17.7 Å². The molecule has 0 radical (unpaired) electrons. The lowest BCUT2D eigenvalue weighted by Crippen LogP contribution is -2.46. The molecule has 0 aliphatic carbocycles. The van der Waals surface area contributed by atoms with Crippen molar-refractivity contribution in [3.8, 4) is 0 Å². The van der Waals surface area contributed by atoms with Crippen molar-refractivity contribution in [1.29, 1.82) is 0 Å². The SMILES string of the molecule is CCOP(=O)(OCC)c1c(B2OC(C)(C)C(C)(C)O2)cccc1C(F)(F)F. The zero-order valence-electron chi connectivity index (χ0n) is 16.3. The predicted octanol–water partition coefficient (Wildman–Crippen LogP) is 3.90. The van der Waals surface area contributed by atoms with Crippen molar-refractivity contribution in [3.05, 3.63) is 23.8 Å². The molecule has 1 aromatic carbocycles. The van der Waals surface area contributed by atoms with Crippen molar-refractivity contribution in [2.24, 2.45) is 0 Å². The van der Waals surface area contributed by atoms with Gasteiger partial charge in [-0.05, 0) is 53.1 Å². The van der Waals surface area contributed by atoms with Crippen LogP contribution in [0.25, 0.3) is 0 Å². The minimum Gasteiger partial charge on any atom is -0.399 e. The maximum atomic E-state index is 13.7. The van der Waals surface area contributed by atoms with Crippen LogP contribution in [0.15, 0.2) is 18.2 Å². The van der Waals surface area contributed by atoms with Crippen LogP contribution in [-0.2, 0) is 29.1 Å². The van der Waals surface area contributed by atoms with Gasteiger partial charge in [0.05, 0.1) is 35.3 Å².